The van der Waals surface area contributed by atoms with E-state index in [1.807, 2.05) is 0 Å². The van der Waals surface area contributed by atoms with Crippen molar-refractivity contribution in [2.24, 2.45) is 0 Å². The highest BCUT2D eigenvalue weighted by molar-refractivity contribution is 8.00. The third-order valence-electron chi connectivity index (χ3n) is 2.90. The molecule has 1 heterocycles. The molecule has 0 bridgehead atoms. The largest absolute Gasteiger partial charge is 0.405 e. The van der Waals surface area contributed by atoms with Crippen LogP contribution in [0.4, 0.5) is 17.6 Å². The van der Waals surface area contributed by atoms with Crippen molar-refractivity contribution >= 4 is 29.8 Å². The molecule has 2 rings (SSSR count). The van der Waals surface area contributed by atoms with E-state index in [0.29, 0.717) is 5.82 Å². The number of carbonyl (C=O) groups is 1. The molecule has 0 radical (unpaired) electrons. The van der Waals surface area contributed by atoms with Gasteiger partial charge in [-0.2, -0.15) is 13.2 Å². The highest BCUT2D eigenvalue weighted by Gasteiger charge is 2.29. The summed E-state index contributed by atoms with van der Waals surface area (Å²) in [5.41, 5.74) is 0.756. The molecule has 1 aromatic carbocycles. The van der Waals surface area contributed by atoms with Gasteiger partial charge in [-0.15, -0.1) is 5.10 Å². The molecule has 0 spiro atoms. The van der Waals surface area contributed by atoms with Crippen LogP contribution in [-0.4, -0.2) is 39.1 Å². The SMILES string of the molecule is C[C@@H](Sc1n[nH]c(/C=C\c2ccc(F)cc2)n1)C(=O)NCC(F)(F)F. The van der Waals surface area contributed by atoms with Gasteiger partial charge in [0.25, 0.3) is 0 Å². The second-order valence-corrected chi connectivity index (χ2v) is 6.29. The molecular weight excluding hydrogens is 360 g/mol. The summed E-state index contributed by atoms with van der Waals surface area (Å²) in [5, 5.41) is 7.77. The zero-order valence-corrected chi connectivity index (χ0v) is 13.8. The number of benzene rings is 1. The first-order valence-electron chi connectivity index (χ1n) is 7.10. The summed E-state index contributed by atoms with van der Waals surface area (Å²) >= 11 is 0.930. The minimum Gasteiger partial charge on any atom is -0.346 e. The molecule has 1 aromatic heterocycles. The Morgan fingerprint density at radius 2 is 2.00 bits per heavy atom. The van der Waals surface area contributed by atoms with E-state index in [1.54, 1.807) is 29.6 Å². The normalized spacial score (nSPS) is 13.2. The Bertz CT molecular complexity index is 743. The number of hydrogen-bond donors (Lipinski definition) is 2. The van der Waals surface area contributed by atoms with E-state index >= 15 is 0 Å². The molecule has 0 unspecified atom stereocenters. The Labute approximate surface area is 144 Å². The van der Waals surface area contributed by atoms with Crippen molar-refractivity contribution in [3.05, 3.63) is 41.5 Å². The number of amides is 1. The first-order valence-corrected chi connectivity index (χ1v) is 7.98. The summed E-state index contributed by atoms with van der Waals surface area (Å²) in [6.45, 7) is 0.0805. The van der Waals surface area contributed by atoms with E-state index < -0.39 is 23.9 Å². The Morgan fingerprint density at radius 1 is 1.32 bits per heavy atom. The number of aromatic nitrogens is 3. The molecule has 1 atom stereocenters. The van der Waals surface area contributed by atoms with Crippen LogP contribution in [0.5, 0.6) is 0 Å². The first kappa shape index (κ1) is 19.0. The lowest BCUT2D eigenvalue weighted by atomic mass is 10.2. The second-order valence-electron chi connectivity index (χ2n) is 4.98. The van der Waals surface area contributed by atoms with Crippen LogP contribution in [0.2, 0.25) is 0 Å². The maximum absolute atomic E-state index is 12.8. The molecule has 0 aliphatic carbocycles. The van der Waals surface area contributed by atoms with E-state index in [1.165, 1.54) is 19.1 Å². The van der Waals surface area contributed by atoms with Gasteiger partial charge < -0.3 is 5.32 Å². The van der Waals surface area contributed by atoms with Crippen LogP contribution >= 0.6 is 11.8 Å². The quantitative estimate of drug-likeness (QED) is 0.601. The minimum absolute atomic E-state index is 0.230. The summed E-state index contributed by atoms with van der Waals surface area (Å²) in [6.07, 6.45) is -1.16. The molecule has 0 aliphatic heterocycles. The smallest absolute Gasteiger partial charge is 0.346 e. The number of H-pyrrole nitrogens is 1. The molecule has 25 heavy (non-hydrogen) atoms. The highest BCUT2D eigenvalue weighted by atomic mass is 32.2. The van der Waals surface area contributed by atoms with Crippen LogP contribution in [-0.2, 0) is 4.79 Å². The van der Waals surface area contributed by atoms with Crippen LogP contribution in [0, 0.1) is 5.82 Å². The number of carbonyl (C=O) groups excluding carboxylic acids is 1. The molecular formula is C15H14F4N4OS. The predicted molar refractivity (Wildman–Crippen MR) is 86.1 cm³/mol. The van der Waals surface area contributed by atoms with Crippen molar-refractivity contribution < 1.29 is 22.4 Å². The van der Waals surface area contributed by atoms with Gasteiger partial charge in [0.05, 0.1) is 5.25 Å². The lowest BCUT2D eigenvalue weighted by molar-refractivity contribution is -0.137. The van der Waals surface area contributed by atoms with Crippen molar-refractivity contribution in [3.8, 4) is 0 Å². The maximum Gasteiger partial charge on any atom is 0.405 e. The Balaban J connectivity index is 1.90. The van der Waals surface area contributed by atoms with Gasteiger partial charge in [-0.1, -0.05) is 30.0 Å². The Hall–Kier alpha value is -2.36. The minimum atomic E-state index is -4.46. The lowest BCUT2D eigenvalue weighted by Gasteiger charge is -2.11. The summed E-state index contributed by atoms with van der Waals surface area (Å²) < 4.78 is 49.0. The van der Waals surface area contributed by atoms with Crippen LogP contribution < -0.4 is 5.32 Å². The molecule has 134 valence electrons. The van der Waals surface area contributed by atoms with Gasteiger partial charge in [0.2, 0.25) is 11.1 Å². The van der Waals surface area contributed by atoms with Crippen LogP contribution in [0.25, 0.3) is 12.2 Å². The molecule has 0 saturated heterocycles. The average molecular weight is 374 g/mol. The standard InChI is InChI=1S/C15H14F4N4OS/c1-9(13(24)20-8-15(17,18)19)25-14-21-12(22-23-14)7-4-10-2-5-11(16)6-3-10/h2-7,9H,8H2,1H3,(H,20,24)(H,21,22,23)/b7-4-/t9-/m1/s1. The van der Waals surface area contributed by atoms with E-state index in [2.05, 4.69) is 15.2 Å². The molecule has 1 amide bonds. The van der Waals surface area contributed by atoms with Gasteiger partial charge in [0.15, 0.2) is 0 Å². The van der Waals surface area contributed by atoms with E-state index in [0.717, 1.165) is 17.3 Å². The number of nitrogens with zero attached hydrogens (tertiary/aromatic N) is 2. The number of alkyl halides is 3. The van der Waals surface area contributed by atoms with Crippen LogP contribution in [0.3, 0.4) is 0 Å². The van der Waals surface area contributed by atoms with Crippen molar-refractivity contribution in [1.82, 2.24) is 20.5 Å². The van der Waals surface area contributed by atoms with Crippen molar-refractivity contribution in [1.29, 1.82) is 0 Å². The van der Waals surface area contributed by atoms with E-state index in [-0.39, 0.29) is 11.0 Å². The van der Waals surface area contributed by atoms with E-state index in [4.69, 9.17) is 0 Å². The highest BCUT2D eigenvalue weighted by Crippen LogP contribution is 2.20. The average Bonchev–Trinajstić information content (AvgIpc) is 2.98. The summed E-state index contributed by atoms with van der Waals surface area (Å²) in [6, 6.07) is 5.82. The third-order valence-corrected chi connectivity index (χ3v) is 3.86. The zero-order chi connectivity index (χ0) is 18.4. The maximum atomic E-state index is 12.8. The fourth-order valence-electron chi connectivity index (χ4n) is 1.68. The van der Waals surface area contributed by atoms with Gasteiger partial charge in [-0.25, -0.2) is 9.37 Å². The van der Waals surface area contributed by atoms with Crippen molar-refractivity contribution in [3.63, 3.8) is 0 Å². The summed E-state index contributed by atoms with van der Waals surface area (Å²) in [4.78, 5) is 15.7. The fourth-order valence-corrected chi connectivity index (χ4v) is 2.43. The molecule has 2 aromatic rings. The molecule has 10 heteroatoms. The monoisotopic (exact) mass is 374 g/mol. The number of nitrogens with one attached hydrogen (secondary N) is 2. The van der Waals surface area contributed by atoms with Gasteiger partial charge in [-0.3, -0.25) is 9.89 Å². The molecule has 2 N–H and O–H groups in total. The molecule has 5 nitrogen and oxygen atoms in total. The van der Waals surface area contributed by atoms with E-state index in [9.17, 15) is 22.4 Å². The number of thioether (sulfide) groups is 1. The Morgan fingerprint density at radius 3 is 2.64 bits per heavy atom. The number of hydrogen-bond acceptors (Lipinski definition) is 4. The van der Waals surface area contributed by atoms with Gasteiger partial charge in [0.1, 0.15) is 18.2 Å². The number of aromatic amines is 1. The molecule has 0 saturated carbocycles. The molecule has 0 aliphatic rings. The lowest BCUT2D eigenvalue weighted by Crippen LogP contribution is -2.38. The summed E-state index contributed by atoms with van der Waals surface area (Å²) in [5.74, 6) is -0.696. The number of rotatable bonds is 6. The first-order chi connectivity index (χ1) is 11.7. The molecule has 0 fully saturated rings. The van der Waals surface area contributed by atoms with Crippen LogP contribution in [0.15, 0.2) is 29.4 Å². The Kier molecular flexibility index (Phi) is 6.18. The predicted octanol–water partition coefficient (Wildman–Crippen LogP) is 3.27. The summed E-state index contributed by atoms with van der Waals surface area (Å²) in [7, 11) is 0. The van der Waals surface area contributed by atoms with Crippen molar-refractivity contribution in [2.75, 3.05) is 6.54 Å². The fraction of sp³-hybridized carbons (Fsp3) is 0.267. The third kappa shape index (κ3) is 6.57. The van der Waals surface area contributed by atoms with Crippen LogP contribution in [0.1, 0.15) is 18.3 Å². The van der Waals surface area contributed by atoms with Gasteiger partial charge >= 0.3 is 6.18 Å². The zero-order valence-electron chi connectivity index (χ0n) is 13.0. The topological polar surface area (TPSA) is 70.7 Å². The van der Waals surface area contributed by atoms with Gasteiger partial charge in [0, 0.05) is 0 Å². The second kappa shape index (κ2) is 8.15. The van der Waals surface area contributed by atoms with Crippen molar-refractivity contribution in [2.45, 2.75) is 23.5 Å². The number of halogens is 4. The van der Waals surface area contributed by atoms with Gasteiger partial charge in [-0.05, 0) is 30.7 Å².